The fourth-order valence-corrected chi connectivity index (χ4v) is 4.42. The number of anilines is 2. The summed E-state index contributed by atoms with van der Waals surface area (Å²) in [7, 11) is 1.98. The Labute approximate surface area is 178 Å². The van der Waals surface area contributed by atoms with Gasteiger partial charge in [0.05, 0.1) is 23.1 Å². The van der Waals surface area contributed by atoms with Crippen molar-refractivity contribution in [2.45, 2.75) is 13.3 Å². The van der Waals surface area contributed by atoms with E-state index in [2.05, 4.69) is 36.1 Å². The highest BCUT2D eigenvalue weighted by Crippen LogP contribution is 2.31. The Morgan fingerprint density at radius 1 is 0.967 bits per heavy atom. The number of rotatable bonds is 3. The number of hydrogen-bond donors (Lipinski definition) is 0. The number of thiazole rings is 1. The average Bonchev–Trinajstić information content (AvgIpc) is 3.22. The first-order valence-corrected chi connectivity index (χ1v) is 10.8. The van der Waals surface area contributed by atoms with Gasteiger partial charge in [0, 0.05) is 31.1 Å². The Hall–Kier alpha value is -3.32. The molecule has 0 bridgehead atoms. The molecule has 7 heteroatoms. The number of fused-ring (bicyclic) bond motifs is 2. The molecule has 3 heterocycles. The second-order valence-electron chi connectivity index (χ2n) is 7.51. The van der Waals surface area contributed by atoms with Crippen molar-refractivity contribution >= 4 is 39.9 Å². The lowest BCUT2D eigenvalue weighted by molar-refractivity contribution is -0.118. The molecule has 0 N–H and O–H groups in total. The molecule has 0 saturated carbocycles. The molecule has 4 aromatic rings. The van der Waals surface area contributed by atoms with Crippen LogP contribution in [0.1, 0.15) is 11.3 Å². The summed E-state index contributed by atoms with van der Waals surface area (Å²) in [6, 6.07) is 16.0. The molecule has 0 spiro atoms. The fourth-order valence-electron chi connectivity index (χ4n) is 3.59. The van der Waals surface area contributed by atoms with E-state index in [1.807, 2.05) is 36.7 Å². The van der Waals surface area contributed by atoms with E-state index in [4.69, 9.17) is 15.0 Å². The highest BCUT2D eigenvalue weighted by molar-refractivity contribution is 7.13. The molecule has 2 aromatic heterocycles. The normalized spacial score (nSPS) is 13.5. The van der Waals surface area contributed by atoms with Gasteiger partial charge >= 0.3 is 0 Å². The van der Waals surface area contributed by atoms with E-state index in [1.165, 1.54) is 5.56 Å². The van der Waals surface area contributed by atoms with Crippen molar-refractivity contribution < 1.29 is 4.79 Å². The first-order chi connectivity index (χ1) is 14.6. The van der Waals surface area contributed by atoms with Crippen LogP contribution in [0.25, 0.3) is 21.6 Å². The summed E-state index contributed by atoms with van der Waals surface area (Å²) < 4.78 is 0. The van der Waals surface area contributed by atoms with Crippen LogP contribution in [0, 0.1) is 6.92 Å². The number of aromatic nitrogens is 3. The molecule has 1 aliphatic heterocycles. The first kappa shape index (κ1) is 18.7. The van der Waals surface area contributed by atoms with Crippen LogP contribution in [-0.4, -0.2) is 41.0 Å². The molecule has 5 rings (SSSR count). The van der Waals surface area contributed by atoms with E-state index >= 15 is 0 Å². The van der Waals surface area contributed by atoms with Crippen molar-refractivity contribution in [1.82, 2.24) is 15.0 Å². The zero-order valence-electron chi connectivity index (χ0n) is 16.9. The molecule has 150 valence electrons. The largest absolute Gasteiger partial charge is 0.355 e. The zero-order valence-corrected chi connectivity index (χ0v) is 17.7. The second-order valence-corrected chi connectivity index (χ2v) is 8.37. The first-order valence-electron chi connectivity index (χ1n) is 9.88. The van der Waals surface area contributed by atoms with Gasteiger partial charge in [-0.15, -0.1) is 11.3 Å². The number of para-hydroxylation sites is 2. The topological polar surface area (TPSA) is 62.2 Å². The van der Waals surface area contributed by atoms with Crippen molar-refractivity contribution in [2.75, 3.05) is 29.9 Å². The highest BCUT2D eigenvalue weighted by Gasteiger charge is 2.28. The lowest BCUT2D eigenvalue weighted by atomic mass is 10.2. The number of likely N-dealkylation sites (N-methyl/N-ethyl adjacent to an activating group) is 1. The van der Waals surface area contributed by atoms with E-state index in [-0.39, 0.29) is 12.3 Å². The van der Waals surface area contributed by atoms with E-state index in [0.29, 0.717) is 12.4 Å². The van der Waals surface area contributed by atoms with E-state index in [0.717, 1.165) is 39.7 Å². The molecule has 0 aliphatic carbocycles. The van der Waals surface area contributed by atoms with Gasteiger partial charge in [-0.3, -0.25) is 9.69 Å². The van der Waals surface area contributed by atoms with Gasteiger partial charge in [0.15, 0.2) is 11.6 Å². The summed E-state index contributed by atoms with van der Waals surface area (Å²) in [5, 5.41) is 2.90. The Balaban J connectivity index is 1.42. The number of amides is 1. The van der Waals surface area contributed by atoms with Crippen molar-refractivity contribution in [3.63, 3.8) is 0 Å². The SMILES string of the molecule is Cc1ccc(-c2nc(CC(=O)N3CCN(C)c4nc5ccccc5nc43)cs2)cc1. The Morgan fingerprint density at radius 3 is 2.40 bits per heavy atom. The van der Waals surface area contributed by atoms with Gasteiger partial charge in [0.1, 0.15) is 5.01 Å². The monoisotopic (exact) mass is 415 g/mol. The summed E-state index contributed by atoms with van der Waals surface area (Å²) in [4.78, 5) is 31.2. The molecule has 30 heavy (non-hydrogen) atoms. The number of aryl methyl sites for hydroxylation is 1. The van der Waals surface area contributed by atoms with Crippen LogP contribution in [0.15, 0.2) is 53.9 Å². The number of hydrogen-bond acceptors (Lipinski definition) is 6. The Bertz CT molecular complexity index is 1230. The molecule has 2 aromatic carbocycles. The predicted octanol–water partition coefficient (Wildman–Crippen LogP) is 4.09. The van der Waals surface area contributed by atoms with E-state index in [9.17, 15) is 4.79 Å². The van der Waals surface area contributed by atoms with Crippen LogP contribution in [0.3, 0.4) is 0 Å². The molecule has 0 fully saturated rings. The minimum Gasteiger partial charge on any atom is -0.355 e. The van der Waals surface area contributed by atoms with Crippen molar-refractivity contribution in [1.29, 1.82) is 0 Å². The highest BCUT2D eigenvalue weighted by atomic mass is 32.1. The van der Waals surface area contributed by atoms with Crippen LogP contribution >= 0.6 is 11.3 Å². The molecule has 0 atom stereocenters. The van der Waals surface area contributed by atoms with Crippen molar-refractivity contribution in [3.05, 3.63) is 65.2 Å². The average molecular weight is 416 g/mol. The van der Waals surface area contributed by atoms with E-state index in [1.54, 1.807) is 16.2 Å². The van der Waals surface area contributed by atoms with Gasteiger partial charge in [0.2, 0.25) is 5.91 Å². The number of benzene rings is 2. The second kappa shape index (κ2) is 7.50. The number of carbonyl (C=O) groups is 1. The third-order valence-corrected chi connectivity index (χ3v) is 6.23. The van der Waals surface area contributed by atoms with Crippen LogP contribution in [0.2, 0.25) is 0 Å². The molecule has 0 radical (unpaired) electrons. The standard InChI is InChI=1S/C23H21N5OS/c1-15-7-9-16(10-8-15)23-24-17(14-30-23)13-20(29)28-12-11-27(2)21-22(28)26-19-6-4-3-5-18(19)25-21/h3-10,14H,11-13H2,1-2H3. The Kier molecular flexibility index (Phi) is 4.67. The van der Waals surface area contributed by atoms with Crippen molar-refractivity contribution in [3.8, 4) is 10.6 Å². The van der Waals surface area contributed by atoms with Crippen LogP contribution < -0.4 is 9.80 Å². The maximum atomic E-state index is 13.2. The smallest absolute Gasteiger partial charge is 0.234 e. The predicted molar refractivity (Wildman–Crippen MR) is 121 cm³/mol. The van der Waals surface area contributed by atoms with Gasteiger partial charge in [-0.25, -0.2) is 15.0 Å². The quantitative estimate of drug-likeness (QED) is 0.504. The minimum atomic E-state index is -0.00492. The lowest BCUT2D eigenvalue weighted by Crippen LogP contribution is -2.44. The summed E-state index contributed by atoms with van der Waals surface area (Å²) in [5.41, 5.74) is 4.70. The van der Waals surface area contributed by atoms with Gasteiger partial charge in [-0.2, -0.15) is 0 Å². The zero-order chi connectivity index (χ0) is 20.7. The molecule has 6 nitrogen and oxygen atoms in total. The maximum Gasteiger partial charge on any atom is 0.234 e. The third kappa shape index (κ3) is 3.41. The van der Waals surface area contributed by atoms with Gasteiger partial charge in [-0.05, 0) is 19.1 Å². The van der Waals surface area contributed by atoms with Gasteiger partial charge in [0.25, 0.3) is 0 Å². The summed E-state index contributed by atoms with van der Waals surface area (Å²) in [5.74, 6) is 1.36. The third-order valence-electron chi connectivity index (χ3n) is 5.29. The summed E-state index contributed by atoms with van der Waals surface area (Å²) >= 11 is 1.57. The van der Waals surface area contributed by atoms with Crippen LogP contribution in [0.4, 0.5) is 11.6 Å². The lowest BCUT2D eigenvalue weighted by Gasteiger charge is -2.33. The van der Waals surface area contributed by atoms with Gasteiger partial charge < -0.3 is 4.90 Å². The van der Waals surface area contributed by atoms with E-state index < -0.39 is 0 Å². The maximum absolute atomic E-state index is 13.2. The molecule has 0 saturated heterocycles. The molecular weight excluding hydrogens is 394 g/mol. The van der Waals surface area contributed by atoms with Crippen LogP contribution in [-0.2, 0) is 11.2 Å². The van der Waals surface area contributed by atoms with Crippen molar-refractivity contribution in [2.24, 2.45) is 0 Å². The summed E-state index contributed by atoms with van der Waals surface area (Å²) in [6.45, 7) is 3.37. The number of carbonyl (C=O) groups excluding carboxylic acids is 1. The van der Waals surface area contributed by atoms with Gasteiger partial charge in [-0.1, -0.05) is 42.0 Å². The minimum absolute atomic E-state index is 0.00492. The number of nitrogens with zero attached hydrogens (tertiary/aromatic N) is 5. The molecule has 0 unspecified atom stereocenters. The fraction of sp³-hybridized carbons (Fsp3) is 0.217. The summed E-state index contributed by atoms with van der Waals surface area (Å²) in [6.07, 6.45) is 0.250. The Morgan fingerprint density at radius 2 is 1.67 bits per heavy atom. The molecular formula is C23H21N5OS. The van der Waals surface area contributed by atoms with Crippen LogP contribution in [0.5, 0.6) is 0 Å². The molecule has 1 amide bonds. The molecule has 1 aliphatic rings.